The lowest BCUT2D eigenvalue weighted by Gasteiger charge is -2.07. The first-order chi connectivity index (χ1) is 11.4. The van der Waals surface area contributed by atoms with Crippen molar-refractivity contribution in [2.75, 3.05) is 0 Å². The van der Waals surface area contributed by atoms with Gasteiger partial charge in [0, 0.05) is 0 Å². The molecule has 0 aliphatic carbocycles. The van der Waals surface area contributed by atoms with E-state index in [1.165, 1.54) is 0 Å². The molecule has 0 unspecified atom stereocenters. The van der Waals surface area contributed by atoms with Crippen LogP contribution in [-0.4, -0.2) is 31.7 Å². The van der Waals surface area contributed by atoms with E-state index in [2.05, 4.69) is 10.1 Å². The number of fused-ring (bicyclic) bond motifs is 1. The Kier molecular flexibility index (Phi) is 3.80. The molecule has 1 amide bonds. The number of aromatic nitrogens is 3. The van der Waals surface area contributed by atoms with Gasteiger partial charge in [0.05, 0.1) is 28.7 Å². The molecule has 0 bridgehead atoms. The quantitative estimate of drug-likeness (QED) is 0.730. The average molecular weight is 328 g/mol. The normalized spacial score (nSPS) is 11.1. The molecule has 2 heterocycles. The second-order valence-corrected chi connectivity index (χ2v) is 5.58. The highest BCUT2D eigenvalue weighted by Gasteiger charge is 2.21. The van der Waals surface area contributed by atoms with E-state index < -0.39 is 11.9 Å². The number of nitrogens with zero attached hydrogens (tertiary/aromatic N) is 3. The Balaban J connectivity index is 2.25. The predicted molar refractivity (Wildman–Crippen MR) is 85.2 cm³/mol. The maximum atomic E-state index is 11.5. The van der Waals surface area contributed by atoms with Crippen LogP contribution in [0.1, 0.15) is 17.0 Å². The number of imidazole rings is 1. The molecule has 3 rings (SSSR count). The molecule has 0 radical (unpaired) electrons. The monoisotopic (exact) mass is 328 g/mol. The number of primary amides is 1. The molecule has 0 fully saturated rings. The van der Waals surface area contributed by atoms with Gasteiger partial charge in [-0.15, -0.1) is 0 Å². The highest BCUT2D eigenvalue weighted by molar-refractivity contribution is 5.85. The smallest absolute Gasteiger partial charge is 0.307 e. The molecule has 8 heteroatoms. The molecule has 2 aromatic heterocycles. The van der Waals surface area contributed by atoms with Crippen LogP contribution in [0.25, 0.3) is 22.4 Å². The molecule has 0 spiro atoms. The number of aliphatic carboxylic acids is 1. The maximum Gasteiger partial charge on any atom is 0.307 e. The fraction of sp³-hybridized carbons (Fsp3) is 0.250. The lowest BCUT2D eigenvalue weighted by Crippen LogP contribution is -2.19. The van der Waals surface area contributed by atoms with Crippen molar-refractivity contribution in [3.05, 3.63) is 35.2 Å². The summed E-state index contributed by atoms with van der Waals surface area (Å²) in [7, 11) is 0. The van der Waals surface area contributed by atoms with E-state index in [1.54, 1.807) is 36.6 Å². The molecule has 24 heavy (non-hydrogen) atoms. The number of aryl methyl sites for hydroxylation is 2. The van der Waals surface area contributed by atoms with Crippen LogP contribution in [0.3, 0.4) is 0 Å². The minimum atomic E-state index is -0.929. The highest BCUT2D eigenvalue weighted by Crippen LogP contribution is 2.30. The van der Waals surface area contributed by atoms with E-state index >= 15 is 0 Å². The fourth-order valence-corrected chi connectivity index (χ4v) is 2.76. The summed E-state index contributed by atoms with van der Waals surface area (Å²) in [5, 5.41) is 12.9. The van der Waals surface area contributed by atoms with Gasteiger partial charge in [0.25, 0.3) is 0 Å². The first-order valence-electron chi connectivity index (χ1n) is 7.29. The zero-order valence-electron chi connectivity index (χ0n) is 13.2. The van der Waals surface area contributed by atoms with Gasteiger partial charge < -0.3 is 19.9 Å². The lowest BCUT2D eigenvalue weighted by atomic mass is 10.1. The molecule has 1 aromatic carbocycles. The molecule has 3 N–H and O–H groups in total. The number of carbonyl (C=O) groups is 2. The molecule has 0 aliphatic rings. The van der Waals surface area contributed by atoms with Crippen molar-refractivity contribution in [1.29, 1.82) is 0 Å². The molecule has 0 saturated heterocycles. The Morgan fingerprint density at radius 3 is 2.67 bits per heavy atom. The van der Waals surface area contributed by atoms with Crippen LogP contribution < -0.4 is 5.73 Å². The van der Waals surface area contributed by atoms with Gasteiger partial charge >= 0.3 is 5.97 Å². The number of hydrogen-bond donors (Lipinski definition) is 2. The van der Waals surface area contributed by atoms with Crippen LogP contribution in [0.5, 0.6) is 0 Å². The zero-order chi connectivity index (χ0) is 17.4. The van der Waals surface area contributed by atoms with Crippen molar-refractivity contribution in [3.8, 4) is 11.4 Å². The minimum Gasteiger partial charge on any atom is -0.481 e. The summed E-state index contributed by atoms with van der Waals surface area (Å²) >= 11 is 0. The van der Waals surface area contributed by atoms with E-state index in [0.717, 1.165) is 0 Å². The van der Waals surface area contributed by atoms with Gasteiger partial charge in [-0.25, -0.2) is 4.98 Å². The van der Waals surface area contributed by atoms with Crippen LogP contribution in [-0.2, 0) is 22.6 Å². The number of benzene rings is 1. The molecule has 0 saturated carbocycles. The van der Waals surface area contributed by atoms with Crippen LogP contribution in [0.2, 0.25) is 0 Å². The summed E-state index contributed by atoms with van der Waals surface area (Å²) in [6.45, 7) is 3.47. The molecule has 8 nitrogen and oxygen atoms in total. The Labute approximate surface area is 136 Å². The summed E-state index contributed by atoms with van der Waals surface area (Å²) in [5.74, 6) is -0.348. The number of nitrogens with two attached hydrogens (primary N) is 1. The van der Waals surface area contributed by atoms with Crippen molar-refractivity contribution in [2.45, 2.75) is 26.8 Å². The maximum absolute atomic E-state index is 11.5. The first-order valence-corrected chi connectivity index (χ1v) is 7.29. The Morgan fingerprint density at radius 1 is 1.33 bits per heavy atom. The van der Waals surface area contributed by atoms with Crippen LogP contribution in [0.15, 0.2) is 22.7 Å². The van der Waals surface area contributed by atoms with Gasteiger partial charge in [0.1, 0.15) is 18.1 Å². The van der Waals surface area contributed by atoms with Gasteiger partial charge in [0.2, 0.25) is 5.91 Å². The molecular weight excluding hydrogens is 312 g/mol. The second-order valence-electron chi connectivity index (χ2n) is 5.58. The summed E-state index contributed by atoms with van der Waals surface area (Å²) in [6.07, 6.45) is -0.113. The predicted octanol–water partition coefficient (Wildman–Crippen LogP) is 1.42. The van der Waals surface area contributed by atoms with Crippen molar-refractivity contribution >= 4 is 22.9 Å². The SMILES string of the molecule is Cc1noc(C)c1-c1nc2ccc(CC(=O)O)cc2n1CC(N)=O. The van der Waals surface area contributed by atoms with Gasteiger partial charge in [-0.3, -0.25) is 9.59 Å². The summed E-state index contributed by atoms with van der Waals surface area (Å²) in [4.78, 5) is 27.0. The zero-order valence-corrected chi connectivity index (χ0v) is 13.2. The first kappa shape index (κ1) is 15.7. The van der Waals surface area contributed by atoms with E-state index in [-0.39, 0.29) is 13.0 Å². The van der Waals surface area contributed by atoms with E-state index in [9.17, 15) is 9.59 Å². The molecule has 0 atom stereocenters. The topological polar surface area (TPSA) is 124 Å². The van der Waals surface area contributed by atoms with Gasteiger partial charge in [-0.1, -0.05) is 11.2 Å². The molecular formula is C16H16N4O4. The van der Waals surface area contributed by atoms with E-state index in [0.29, 0.717) is 39.4 Å². The summed E-state index contributed by atoms with van der Waals surface area (Å²) in [6, 6.07) is 5.14. The van der Waals surface area contributed by atoms with E-state index in [1.807, 2.05) is 0 Å². The van der Waals surface area contributed by atoms with Crippen molar-refractivity contribution < 1.29 is 19.2 Å². The Bertz CT molecular complexity index is 935. The lowest BCUT2D eigenvalue weighted by molar-refractivity contribution is -0.136. The highest BCUT2D eigenvalue weighted by atomic mass is 16.5. The second kappa shape index (κ2) is 5.80. The molecule has 3 aromatic rings. The number of rotatable bonds is 5. The standard InChI is InChI=1S/C16H16N4O4/c1-8-15(9(2)24-19-8)16-18-11-4-3-10(6-14(22)23)5-12(11)20(16)7-13(17)21/h3-5H,6-7H2,1-2H3,(H2,17,21)(H,22,23). The third-order valence-electron chi connectivity index (χ3n) is 3.74. The average Bonchev–Trinajstić information content (AvgIpc) is 2.99. The number of amides is 1. The van der Waals surface area contributed by atoms with Gasteiger partial charge in [-0.05, 0) is 31.5 Å². The van der Waals surface area contributed by atoms with Crippen LogP contribution in [0.4, 0.5) is 0 Å². The number of carboxylic acids is 1. The number of carboxylic acid groups (broad SMARTS) is 1. The summed E-state index contributed by atoms with van der Waals surface area (Å²) in [5.41, 5.74) is 8.62. The van der Waals surface area contributed by atoms with Crippen LogP contribution in [0, 0.1) is 13.8 Å². The van der Waals surface area contributed by atoms with Crippen molar-refractivity contribution in [3.63, 3.8) is 0 Å². The molecule has 0 aliphatic heterocycles. The van der Waals surface area contributed by atoms with Crippen LogP contribution >= 0.6 is 0 Å². The fourth-order valence-electron chi connectivity index (χ4n) is 2.76. The largest absolute Gasteiger partial charge is 0.481 e. The van der Waals surface area contributed by atoms with Gasteiger partial charge in [-0.2, -0.15) is 0 Å². The Hall–Kier alpha value is -3.16. The molecule has 124 valence electrons. The van der Waals surface area contributed by atoms with E-state index in [4.69, 9.17) is 15.4 Å². The Morgan fingerprint density at radius 2 is 2.08 bits per heavy atom. The van der Waals surface area contributed by atoms with Gasteiger partial charge in [0.15, 0.2) is 0 Å². The van der Waals surface area contributed by atoms with Crippen molar-refractivity contribution in [1.82, 2.24) is 14.7 Å². The summed E-state index contributed by atoms with van der Waals surface area (Å²) < 4.78 is 6.85. The minimum absolute atomic E-state index is 0.0770. The third kappa shape index (κ3) is 2.73. The number of hydrogen-bond acceptors (Lipinski definition) is 5. The third-order valence-corrected chi connectivity index (χ3v) is 3.74. The number of carbonyl (C=O) groups excluding carboxylic acids is 1. The van der Waals surface area contributed by atoms with Crippen molar-refractivity contribution in [2.24, 2.45) is 5.73 Å².